The van der Waals surface area contributed by atoms with Gasteiger partial charge in [0.05, 0.1) is 5.69 Å². The quantitative estimate of drug-likeness (QED) is 0.248. The van der Waals surface area contributed by atoms with E-state index >= 15 is 0 Å². The molecule has 0 spiro atoms. The van der Waals surface area contributed by atoms with Crippen molar-refractivity contribution in [2.75, 3.05) is 25.5 Å². The Balaban J connectivity index is 1.26. The van der Waals surface area contributed by atoms with Gasteiger partial charge >= 0.3 is 0 Å². The van der Waals surface area contributed by atoms with Crippen molar-refractivity contribution in [2.24, 2.45) is 17.6 Å². The number of nitrogens with two attached hydrogens (primary N) is 1. The maximum atomic E-state index is 13.2. The Kier molecular flexibility index (Phi) is 10.2. The van der Waals surface area contributed by atoms with Gasteiger partial charge in [-0.25, -0.2) is 9.97 Å². The minimum Gasteiger partial charge on any atom is -0.364 e. The van der Waals surface area contributed by atoms with Crippen molar-refractivity contribution in [2.45, 2.75) is 90.0 Å². The van der Waals surface area contributed by atoms with Gasteiger partial charge in [-0.15, -0.1) is 0 Å². The minimum absolute atomic E-state index is 0.0207. The van der Waals surface area contributed by atoms with Gasteiger partial charge in [0, 0.05) is 23.5 Å². The van der Waals surface area contributed by atoms with Crippen LogP contribution in [0, 0.1) is 11.8 Å². The molecule has 1 aliphatic heterocycles. The van der Waals surface area contributed by atoms with Crippen LogP contribution < -0.4 is 16.4 Å². The van der Waals surface area contributed by atoms with Gasteiger partial charge in [-0.3, -0.25) is 9.59 Å². The molecule has 0 radical (unpaired) electrons. The molecule has 5 rings (SSSR count). The molecule has 8 nitrogen and oxygen atoms in total. The molecule has 1 aromatic heterocycles. The van der Waals surface area contributed by atoms with E-state index in [0.717, 1.165) is 63.0 Å². The largest absolute Gasteiger partial charge is 0.364 e. The molecule has 45 heavy (non-hydrogen) atoms. The molecule has 2 fully saturated rings. The van der Waals surface area contributed by atoms with E-state index in [-0.39, 0.29) is 23.1 Å². The number of amides is 2. The van der Waals surface area contributed by atoms with Crippen molar-refractivity contribution < 1.29 is 9.59 Å². The molecule has 3 aromatic rings. The zero-order chi connectivity index (χ0) is 32.1. The third kappa shape index (κ3) is 8.48. The highest BCUT2D eigenvalue weighted by Gasteiger charge is 2.28. The van der Waals surface area contributed by atoms with E-state index in [4.69, 9.17) is 10.7 Å². The van der Waals surface area contributed by atoms with Crippen molar-refractivity contribution >= 4 is 23.3 Å². The zero-order valence-electron chi connectivity index (χ0n) is 27.6. The Labute approximate surface area is 268 Å². The monoisotopic (exact) mass is 610 g/mol. The summed E-state index contributed by atoms with van der Waals surface area (Å²) >= 11 is 0. The van der Waals surface area contributed by atoms with Crippen molar-refractivity contribution in [3.8, 4) is 0 Å². The van der Waals surface area contributed by atoms with Crippen LogP contribution in [0.15, 0.2) is 54.7 Å². The van der Waals surface area contributed by atoms with Crippen LogP contribution in [0.3, 0.4) is 0 Å². The molecule has 2 aliphatic rings. The van der Waals surface area contributed by atoms with Crippen LogP contribution in [0.5, 0.6) is 0 Å². The first-order valence-electron chi connectivity index (χ1n) is 16.6. The summed E-state index contributed by atoms with van der Waals surface area (Å²) in [7, 11) is 2.18. The predicted octanol–water partition coefficient (Wildman–Crippen LogP) is 6.59. The fourth-order valence-electron chi connectivity index (χ4n) is 6.82. The Morgan fingerprint density at radius 2 is 1.67 bits per heavy atom. The van der Waals surface area contributed by atoms with Crippen molar-refractivity contribution in [1.29, 1.82) is 0 Å². The number of benzene rings is 2. The maximum Gasteiger partial charge on any atom is 0.271 e. The summed E-state index contributed by atoms with van der Waals surface area (Å²) in [6.07, 6.45) is 8.71. The third-order valence-corrected chi connectivity index (χ3v) is 9.84. The maximum absolute atomic E-state index is 13.2. The lowest BCUT2D eigenvalue weighted by atomic mass is 9.85. The first-order valence-corrected chi connectivity index (χ1v) is 16.6. The fourth-order valence-corrected chi connectivity index (χ4v) is 6.82. The smallest absolute Gasteiger partial charge is 0.271 e. The number of nitrogens with zero attached hydrogens (tertiary/aromatic N) is 3. The summed E-state index contributed by atoms with van der Waals surface area (Å²) in [5, 5.41) is 6.64. The van der Waals surface area contributed by atoms with Gasteiger partial charge in [0.2, 0.25) is 0 Å². The molecular formula is C37H50N6O2. The lowest BCUT2D eigenvalue weighted by Gasteiger charge is -2.29. The molecule has 1 saturated carbocycles. The van der Waals surface area contributed by atoms with Gasteiger partial charge in [0.25, 0.3) is 11.8 Å². The first kappa shape index (κ1) is 32.6. The molecule has 3 atom stereocenters. The van der Waals surface area contributed by atoms with E-state index in [1.54, 1.807) is 6.20 Å². The lowest BCUT2D eigenvalue weighted by Crippen LogP contribution is -2.36. The highest BCUT2D eigenvalue weighted by Crippen LogP contribution is 2.33. The number of hydrogen-bond donors (Lipinski definition) is 3. The van der Waals surface area contributed by atoms with E-state index in [0.29, 0.717) is 35.6 Å². The molecule has 3 unspecified atom stereocenters. The molecule has 8 heteroatoms. The molecule has 2 aromatic carbocycles. The zero-order valence-corrected chi connectivity index (χ0v) is 27.6. The highest BCUT2D eigenvalue weighted by atomic mass is 16.2. The van der Waals surface area contributed by atoms with Crippen LogP contribution in [0.4, 0.5) is 11.5 Å². The average molecular weight is 611 g/mol. The number of piperidine rings is 1. The Morgan fingerprint density at radius 3 is 2.31 bits per heavy atom. The number of primary amides is 1. The van der Waals surface area contributed by atoms with Gasteiger partial charge in [-0.05, 0) is 111 Å². The SMILES string of the molecule is CC1CCCC(NC(=O)c2ccc(C(C)(C)C)cc2)CC1Cc1cnc(C(N)=O)c(Nc2ccc(C3CCN(C)CC3)cc2)n1. The first-order chi connectivity index (χ1) is 21.5. The van der Waals surface area contributed by atoms with Crippen LogP contribution in [-0.4, -0.2) is 52.9 Å². The van der Waals surface area contributed by atoms with Gasteiger partial charge in [0.1, 0.15) is 0 Å². The lowest BCUT2D eigenvalue weighted by molar-refractivity contribution is 0.0928. The standard InChI is InChI=1S/C37H50N6O2/c1-24-7-6-8-31(42-36(45)27-9-13-29(14-10-27)37(2,3)4)21-28(24)22-32-23-39-33(34(38)44)35(41-32)40-30-15-11-25(12-16-30)26-17-19-43(5)20-18-26/h9-16,23-24,26,28,31H,6-8,17-22H2,1-5H3,(H2,38,44)(H,40,41)(H,42,45). The molecule has 240 valence electrons. The summed E-state index contributed by atoms with van der Waals surface area (Å²) in [5.41, 5.74) is 10.8. The molecular weight excluding hydrogens is 560 g/mol. The Morgan fingerprint density at radius 1 is 0.978 bits per heavy atom. The molecule has 4 N–H and O–H groups in total. The Bertz CT molecular complexity index is 1460. The number of carbonyl (C=O) groups is 2. The van der Waals surface area contributed by atoms with Crippen LogP contribution in [0.1, 0.15) is 110 Å². The fraction of sp³-hybridized carbons (Fsp3) is 0.514. The van der Waals surface area contributed by atoms with Crippen LogP contribution in [-0.2, 0) is 11.8 Å². The van der Waals surface area contributed by atoms with Gasteiger partial charge < -0.3 is 21.3 Å². The second-order valence-corrected chi connectivity index (χ2v) is 14.4. The topological polar surface area (TPSA) is 113 Å². The van der Waals surface area contributed by atoms with Crippen molar-refractivity contribution in [1.82, 2.24) is 20.2 Å². The number of hydrogen-bond acceptors (Lipinski definition) is 6. The van der Waals surface area contributed by atoms with E-state index in [9.17, 15) is 9.59 Å². The van der Waals surface area contributed by atoms with Crippen LogP contribution in [0.25, 0.3) is 0 Å². The second kappa shape index (κ2) is 14.1. The number of nitrogens with one attached hydrogen (secondary N) is 2. The summed E-state index contributed by atoms with van der Waals surface area (Å²) < 4.78 is 0. The molecule has 2 heterocycles. The van der Waals surface area contributed by atoms with Crippen molar-refractivity contribution in [3.05, 3.63) is 82.8 Å². The summed E-state index contributed by atoms with van der Waals surface area (Å²) in [5.74, 6) is 1.12. The summed E-state index contributed by atoms with van der Waals surface area (Å²) in [6.45, 7) is 11.0. The van der Waals surface area contributed by atoms with Crippen LogP contribution in [0.2, 0.25) is 0 Å². The highest BCUT2D eigenvalue weighted by molar-refractivity contribution is 5.96. The van der Waals surface area contributed by atoms with Gasteiger partial charge in [0.15, 0.2) is 11.5 Å². The molecule has 1 saturated heterocycles. The number of rotatable bonds is 8. The number of likely N-dealkylation sites (tertiary alicyclic amines) is 1. The molecule has 0 bridgehead atoms. The molecule has 2 amide bonds. The third-order valence-electron chi connectivity index (χ3n) is 9.84. The van der Waals surface area contributed by atoms with E-state index in [2.05, 4.69) is 79.5 Å². The summed E-state index contributed by atoms with van der Waals surface area (Å²) in [6, 6.07) is 16.5. The molecule has 1 aliphatic carbocycles. The van der Waals surface area contributed by atoms with Crippen molar-refractivity contribution in [3.63, 3.8) is 0 Å². The second-order valence-electron chi connectivity index (χ2n) is 14.4. The predicted molar refractivity (Wildman–Crippen MR) is 181 cm³/mol. The number of anilines is 2. The van der Waals surface area contributed by atoms with E-state index < -0.39 is 5.91 Å². The van der Waals surface area contributed by atoms with Crippen LogP contribution >= 0.6 is 0 Å². The van der Waals surface area contributed by atoms with E-state index in [1.165, 1.54) is 11.1 Å². The van der Waals surface area contributed by atoms with Gasteiger partial charge in [-0.1, -0.05) is 64.8 Å². The Hall–Kier alpha value is -3.78. The van der Waals surface area contributed by atoms with E-state index in [1.807, 2.05) is 24.3 Å². The summed E-state index contributed by atoms with van der Waals surface area (Å²) in [4.78, 5) is 37.1. The number of carbonyl (C=O) groups excluding carboxylic acids is 2. The number of aromatic nitrogens is 2. The minimum atomic E-state index is -0.611. The van der Waals surface area contributed by atoms with Gasteiger partial charge in [-0.2, -0.15) is 0 Å². The average Bonchev–Trinajstić information content (AvgIpc) is 3.17. The normalized spacial score (nSPS) is 21.6.